The van der Waals surface area contributed by atoms with Crippen molar-refractivity contribution >= 4 is 6.09 Å². The zero-order valence-corrected chi connectivity index (χ0v) is 11.0. The Morgan fingerprint density at radius 2 is 1.95 bits per heavy atom. The molecule has 112 valence electrons. The maximum Gasteiger partial charge on any atom is 0.422 e. The van der Waals surface area contributed by atoms with Gasteiger partial charge in [0.1, 0.15) is 0 Å². The summed E-state index contributed by atoms with van der Waals surface area (Å²) in [6.07, 6.45) is -5.32. The molecule has 0 unspecified atom stereocenters. The molecule has 1 aliphatic rings. The SMILES string of the molecule is C[C@@H]1CN(CCNC(=O)OCC(F)(F)F)C[C@H](C)O1. The van der Waals surface area contributed by atoms with Crippen LogP contribution in [0, 0.1) is 0 Å². The maximum absolute atomic E-state index is 11.8. The van der Waals surface area contributed by atoms with Crippen LogP contribution in [0.2, 0.25) is 0 Å². The highest BCUT2D eigenvalue weighted by Crippen LogP contribution is 2.14. The first-order valence-corrected chi connectivity index (χ1v) is 6.11. The number of morpholine rings is 1. The standard InChI is InChI=1S/C11H19F3N2O3/c1-8-5-16(6-9(2)19-8)4-3-15-10(17)18-7-11(12,13)14/h8-9H,3-7H2,1-2H3,(H,15,17)/t8-,9+. The fourth-order valence-corrected chi connectivity index (χ4v) is 1.98. The lowest BCUT2D eigenvalue weighted by Gasteiger charge is -2.35. The third-order valence-corrected chi connectivity index (χ3v) is 2.56. The van der Waals surface area contributed by atoms with Gasteiger partial charge in [0, 0.05) is 26.2 Å². The normalized spacial score (nSPS) is 25.1. The van der Waals surface area contributed by atoms with Crippen LogP contribution in [0.3, 0.4) is 0 Å². The number of hydrogen-bond donors (Lipinski definition) is 1. The lowest BCUT2D eigenvalue weighted by molar-refractivity contribution is -0.160. The first-order valence-electron chi connectivity index (χ1n) is 6.11. The Balaban J connectivity index is 2.14. The van der Waals surface area contributed by atoms with Gasteiger partial charge in [0.2, 0.25) is 0 Å². The molecule has 5 nitrogen and oxygen atoms in total. The molecule has 0 bridgehead atoms. The van der Waals surface area contributed by atoms with Gasteiger partial charge >= 0.3 is 12.3 Å². The third kappa shape index (κ3) is 7.22. The second-order valence-electron chi connectivity index (χ2n) is 4.63. The van der Waals surface area contributed by atoms with Crippen molar-refractivity contribution in [2.45, 2.75) is 32.2 Å². The van der Waals surface area contributed by atoms with Gasteiger partial charge in [-0.15, -0.1) is 0 Å². The molecule has 0 saturated carbocycles. The van der Waals surface area contributed by atoms with Crippen LogP contribution < -0.4 is 5.32 Å². The van der Waals surface area contributed by atoms with E-state index in [-0.39, 0.29) is 18.8 Å². The molecular formula is C11H19F3N2O3. The number of hydrogen-bond acceptors (Lipinski definition) is 4. The second-order valence-corrected chi connectivity index (χ2v) is 4.63. The van der Waals surface area contributed by atoms with Gasteiger partial charge < -0.3 is 14.8 Å². The number of nitrogens with zero attached hydrogens (tertiary/aromatic N) is 1. The fourth-order valence-electron chi connectivity index (χ4n) is 1.98. The van der Waals surface area contributed by atoms with Gasteiger partial charge in [0.15, 0.2) is 6.61 Å². The van der Waals surface area contributed by atoms with Crippen molar-refractivity contribution in [2.24, 2.45) is 0 Å². The van der Waals surface area contributed by atoms with Gasteiger partial charge in [0.05, 0.1) is 12.2 Å². The van der Waals surface area contributed by atoms with E-state index >= 15 is 0 Å². The van der Waals surface area contributed by atoms with E-state index in [1.807, 2.05) is 13.8 Å². The molecule has 1 saturated heterocycles. The molecule has 1 fully saturated rings. The number of nitrogens with one attached hydrogen (secondary N) is 1. The largest absolute Gasteiger partial charge is 0.440 e. The molecule has 1 aliphatic heterocycles. The minimum absolute atomic E-state index is 0.112. The molecule has 0 aliphatic carbocycles. The Kier molecular flexibility index (Phi) is 5.86. The van der Waals surface area contributed by atoms with Gasteiger partial charge in [0.25, 0.3) is 0 Å². The molecule has 0 spiro atoms. The Labute approximate surface area is 110 Å². The topological polar surface area (TPSA) is 50.8 Å². The lowest BCUT2D eigenvalue weighted by atomic mass is 10.2. The zero-order chi connectivity index (χ0) is 14.5. The second kappa shape index (κ2) is 6.95. The quantitative estimate of drug-likeness (QED) is 0.847. The summed E-state index contributed by atoms with van der Waals surface area (Å²) in [7, 11) is 0. The maximum atomic E-state index is 11.8. The van der Waals surface area contributed by atoms with Crippen LogP contribution >= 0.6 is 0 Å². The Bertz CT molecular complexity index is 289. The van der Waals surface area contributed by atoms with Crippen LogP contribution in [0.15, 0.2) is 0 Å². The summed E-state index contributed by atoms with van der Waals surface area (Å²) < 4.78 is 44.9. The molecule has 0 radical (unpaired) electrons. The van der Waals surface area contributed by atoms with E-state index < -0.39 is 18.9 Å². The Morgan fingerprint density at radius 3 is 2.47 bits per heavy atom. The van der Waals surface area contributed by atoms with Gasteiger partial charge in [-0.2, -0.15) is 13.2 Å². The predicted octanol–water partition coefficient (Wildman–Crippen LogP) is 1.38. The Morgan fingerprint density at radius 1 is 1.37 bits per heavy atom. The summed E-state index contributed by atoms with van der Waals surface area (Å²) in [5.41, 5.74) is 0. The number of carbonyl (C=O) groups is 1. The molecule has 1 heterocycles. The van der Waals surface area contributed by atoms with E-state index in [0.717, 1.165) is 13.1 Å². The highest BCUT2D eigenvalue weighted by atomic mass is 19.4. The highest BCUT2D eigenvalue weighted by molar-refractivity contribution is 5.67. The molecule has 8 heteroatoms. The minimum Gasteiger partial charge on any atom is -0.440 e. The number of halogens is 3. The van der Waals surface area contributed by atoms with E-state index in [2.05, 4.69) is 15.0 Å². The number of carbonyl (C=O) groups excluding carboxylic acids is 1. The first-order chi connectivity index (χ1) is 8.76. The van der Waals surface area contributed by atoms with E-state index in [1.165, 1.54) is 0 Å². The molecule has 0 aromatic heterocycles. The van der Waals surface area contributed by atoms with E-state index in [1.54, 1.807) is 0 Å². The van der Waals surface area contributed by atoms with Gasteiger partial charge in [-0.25, -0.2) is 4.79 Å². The van der Waals surface area contributed by atoms with Crippen LogP contribution in [0.1, 0.15) is 13.8 Å². The molecule has 0 aromatic carbocycles. The molecule has 2 atom stereocenters. The molecule has 1 N–H and O–H groups in total. The summed E-state index contributed by atoms with van der Waals surface area (Å²) >= 11 is 0. The average Bonchev–Trinajstić information content (AvgIpc) is 2.24. The highest BCUT2D eigenvalue weighted by Gasteiger charge is 2.29. The summed E-state index contributed by atoms with van der Waals surface area (Å²) in [6.45, 7) is 4.62. The van der Waals surface area contributed by atoms with Crippen LogP contribution in [0.5, 0.6) is 0 Å². The monoisotopic (exact) mass is 284 g/mol. The van der Waals surface area contributed by atoms with Crippen LogP contribution in [-0.2, 0) is 9.47 Å². The van der Waals surface area contributed by atoms with Crippen LogP contribution in [0.4, 0.5) is 18.0 Å². The number of alkyl carbamates (subject to hydrolysis) is 1. The zero-order valence-electron chi connectivity index (χ0n) is 11.0. The third-order valence-electron chi connectivity index (χ3n) is 2.56. The smallest absolute Gasteiger partial charge is 0.422 e. The number of amides is 1. The number of rotatable bonds is 4. The lowest BCUT2D eigenvalue weighted by Crippen LogP contribution is -2.48. The van der Waals surface area contributed by atoms with Crippen LogP contribution in [-0.4, -0.2) is 62.2 Å². The van der Waals surface area contributed by atoms with E-state index in [9.17, 15) is 18.0 Å². The molecule has 19 heavy (non-hydrogen) atoms. The first kappa shape index (κ1) is 16.0. The van der Waals surface area contributed by atoms with Crippen molar-refractivity contribution in [1.82, 2.24) is 10.2 Å². The summed E-state index contributed by atoms with van der Waals surface area (Å²) in [5.74, 6) is 0. The summed E-state index contributed by atoms with van der Waals surface area (Å²) in [5, 5.41) is 2.29. The van der Waals surface area contributed by atoms with Crippen molar-refractivity contribution in [3.8, 4) is 0 Å². The number of ether oxygens (including phenoxy) is 2. The molecule has 0 aromatic rings. The summed E-state index contributed by atoms with van der Waals surface area (Å²) in [6, 6.07) is 0. The van der Waals surface area contributed by atoms with Crippen molar-refractivity contribution in [2.75, 3.05) is 32.8 Å². The van der Waals surface area contributed by atoms with Gasteiger partial charge in [-0.1, -0.05) is 0 Å². The molecular weight excluding hydrogens is 265 g/mol. The molecule has 1 rings (SSSR count). The average molecular weight is 284 g/mol. The van der Waals surface area contributed by atoms with Crippen molar-refractivity contribution in [3.63, 3.8) is 0 Å². The summed E-state index contributed by atoms with van der Waals surface area (Å²) in [4.78, 5) is 13.1. The van der Waals surface area contributed by atoms with E-state index in [0.29, 0.717) is 6.54 Å². The van der Waals surface area contributed by atoms with Crippen molar-refractivity contribution in [3.05, 3.63) is 0 Å². The van der Waals surface area contributed by atoms with Gasteiger partial charge in [-0.3, -0.25) is 4.90 Å². The molecule has 1 amide bonds. The fraction of sp³-hybridized carbons (Fsp3) is 0.909. The van der Waals surface area contributed by atoms with Gasteiger partial charge in [-0.05, 0) is 13.8 Å². The van der Waals surface area contributed by atoms with Crippen molar-refractivity contribution in [1.29, 1.82) is 0 Å². The van der Waals surface area contributed by atoms with Crippen LogP contribution in [0.25, 0.3) is 0 Å². The Hall–Kier alpha value is -1.02. The van der Waals surface area contributed by atoms with E-state index in [4.69, 9.17) is 4.74 Å². The van der Waals surface area contributed by atoms with Crippen molar-refractivity contribution < 1.29 is 27.4 Å². The predicted molar refractivity (Wildman–Crippen MR) is 61.9 cm³/mol. The number of alkyl halides is 3. The minimum atomic E-state index is -4.49.